The van der Waals surface area contributed by atoms with Crippen molar-refractivity contribution < 1.29 is 17.9 Å². The minimum absolute atomic E-state index is 0.345. The molecule has 0 aromatic heterocycles. The summed E-state index contributed by atoms with van der Waals surface area (Å²) in [6, 6.07) is 14.0. The predicted octanol–water partition coefficient (Wildman–Crippen LogP) is 7.13. The fourth-order valence-corrected chi connectivity index (χ4v) is 4.94. The van der Waals surface area contributed by atoms with Crippen LogP contribution in [0.3, 0.4) is 0 Å². The van der Waals surface area contributed by atoms with Gasteiger partial charge in [0.25, 0.3) is 0 Å². The lowest BCUT2D eigenvalue weighted by Crippen LogP contribution is -2.43. The van der Waals surface area contributed by atoms with Gasteiger partial charge in [0.15, 0.2) is 0 Å². The molecule has 0 bridgehead atoms. The van der Waals surface area contributed by atoms with Gasteiger partial charge in [-0.25, -0.2) is 0 Å². The van der Waals surface area contributed by atoms with E-state index in [-0.39, 0.29) is 0 Å². The number of ether oxygens (including phenoxy) is 1. The Morgan fingerprint density at radius 2 is 1.68 bits per heavy atom. The molecule has 2 fully saturated rings. The van der Waals surface area contributed by atoms with Crippen LogP contribution in [0.25, 0.3) is 0 Å². The van der Waals surface area contributed by atoms with Crippen molar-refractivity contribution in [3.05, 3.63) is 70.2 Å². The van der Waals surface area contributed by atoms with E-state index in [1.54, 1.807) is 0 Å². The molecule has 0 N–H and O–H groups in total. The second-order valence-corrected chi connectivity index (χ2v) is 9.34. The van der Waals surface area contributed by atoms with Gasteiger partial charge in [0, 0.05) is 17.6 Å². The van der Waals surface area contributed by atoms with Gasteiger partial charge >= 0.3 is 6.18 Å². The maximum Gasteiger partial charge on any atom is 0.416 e. The molecule has 1 aliphatic carbocycles. The Morgan fingerprint density at radius 1 is 0.968 bits per heavy atom. The first-order valence-electron chi connectivity index (χ1n) is 11.1. The summed E-state index contributed by atoms with van der Waals surface area (Å²) in [6.07, 6.45) is 1.83. The largest absolute Gasteiger partial charge is 0.416 e. The molecule has 1 heterocycles. The molecule has 6 heteroatoms. The third kappa shape index (κ3) is 5.82. The van der Waals surface area contributed by atoms with Crippen LogP contribution in [0.2, 0.25) is 5.02 Å². The van der Waals surface area contributed by atoms with Gasteiger partial charge in [0.1, 0.15) is 0 Å². The van der Waals surface area contributed by atoms with Gasteiger partial charge in [-0.3, -0.25) is 4.90 Å². The molecule has 0 radical (unpaired) electrons. The van der Waals surface area contributed by atoms with Gasteiger partial charge in [-0.15, -0.1) is 0 Å². The zero-order valence-corrected chi connectivity index (χ0v) is 18.3. The van der Waals surface area contributed by atoms with Gasteiger partial charge in [-0.2, -0.15) is 13.2 Å². The van der Waals surface area contributed by atoms with E-state index >= 15 is 0 Å². The Hall–Kier alpha value is -1.56. The number of halogens is 4. The first-order valence-corrected chi connectivity index (χ1v) is 11.5. The van der Waals surface area contributed by atoms with Crippen molar-refractivity contribution in [1.82, 2.24) is 4.90 Å². The van der Waals surface area contributed by atoms with Crippen LogP contribution < -0.4 is 0 Å². The summed E-state index contributed by atoms with van der Waals surface area (Å²) in [5, 5.41) is 0.768. The Kier molecular flexibility index (Phi) is 7.25. The second-order valence-electron chi connectivity index (χ2n) is 8.90. The highest BCUT2D eigenvalue weighted by molar-refractivity contribution is 6.30. The number of benzene rings is 2. The molecule has 2 aliphatic rings. The monoisotopic (exact) mass is 451 g/mol. The summed E-state index contributed by atoms with van der Waals surface area (Å²) in [5.41, 5.74) is 1.50. The minimum Gasteiger partial charge on any atom is -0.376 e. The van der Waals surface area contributed by atoms with Gasteiger partial charge < -0.3 is 4.74 Å². The van der Waals surface area contributed by atoms with E-state index in [9.17, 15) is 13.2 Å². The first-order chi connectivity index (χ1) is 14.9. The van der Waals surface area contributed by atoms with Crippen LogP contribution in [0.1, 0.15) is 54.8 Å². The number of nitrogens with zero attached hydrogens (tertiary/aromatic N) is 1. The van der Waals surface area contributed by atoms with Crippen molar-refractivity contribution in [2.45, 2.75) is 50.9 Å². The summed E-state index contributed by atoms with van der Waals surface area (Å²) < 4.78 is 44.0. The van der Waals surface area contributed by atoms with E-state index in [0.717, 1.165) is 48.6 Å². The Morgan fingerprint density at radius 3 is 2.29 bits per heavy atom. The van der Waals surface area contributed by atoms with Crippen molar-refractivity contribution in [2.75, 3.05) is 19.7 Å². The van der Waals surface area contributed by atoms with Crippen LogP contribution in [-0.2, 0) is 17.5 Å². The maximum atomic E-state index is 12.7. The van der Waals surface area contributed by atoms with Crippen molar-refractivity contribution in [3.63, 3.8) is 0 Å². The van der Waals surface area contributed by atoms with Crippen molar-refractivity contribution in [2.24, 2.45) is 11.8 Å². The molecule has 1 saturated heterocycles. The lowest BCUT2D eigenvalue weighted by molar-refractivity contribution is -0.137. The maximum absolute atomic E-state index is 12.7. The molecule has 2 aromatic rings. The molecule has 2 aromatic carbocycles. The van der Waals surface area contributed by atoms with Crippen molar-refractivity contribution >= 4 is 11.6 Å². The van der Waals surface area contributed by atoms with Crippen LogP contribution in [0.4, 0.5) is 13.2 Å². The van der Waals surface area contributed by atoms with E-state index in [2.05, 4.69) is 17.0 Å². The molecule has 0 spiro atoms. The molecule has 2 atom stereocenters. The highest BCUT2D eigenvalue weighted by Crippen LogP contribution is 2.43. The average Bonchev–Trinajstić information content (AvgIpc) is 2.71. The summed E-state index contributed by atoms with van der Waals surface area (Å²) in [5.74, 6) is 1.14. The third-order valence-corrected chi connectivity index (χ3v) is 6.91. The standard InChI is InChI=1S/C25H29ClF3NO/c26-23-12-8-21(9-13-23)24(20-4-1-5-20)30-14-2-3-19(15-30)17-31-16-18-6-10-22(11-7-18)25(27,28)29/h6-13,19-20,24H,1-5,14-17H2. The van der Waals surface area contributed by atoms with Gasteiger partial charge in [0.05, 0.1) is 18.8 Å². The quantitative estimate of drug-likeness (QED) is 0.444. The van der Waals surface area contributed by atoms with Gasteiger partial charge in [0.2, 0.25) is 0 Å². The summed E-state index contributed by atoms with van der Waals surface area (Å²) in [7, 11) is 0. The normalized spacial score (nSPS) is 21.6. The molecular formula is C25H29ClF3NO. The lowest BCUT2D eigenvalue weighted by atomic mass is 9.75. The molecular weight excluding hydrogens is 423 g/mol. The van der Waals surface area contributed by atoms with Crippen LogP contribution >= 0.6 is 11.6 Å². The minimum atomic E-state index is -4.30. The fourth-order valence-electron chi connectivity index (χ4n) is 4.82. The topological polar surface area (TPSA) is 12.5 Å². The number of piperidine rings is 1. The van der Waals surface area contributed by atoms with Crippen LogP contribution in [0.5, 0.6) is 0 Å². The molecule has 4 rings (SSSR count). The smallest absolute Gasteiger partial charge is 0.376 e. The van der Waals surface area contributed by atoms with E-state index < -0.39 is 11.7 Å². The van der Waals surface area contributed by atoms with Crippen LogP contribution in [-0.4, -0.2) is 24.6 Å². The summed E-state index contributed by atoms with van der Waals surface area (Å²) in [4.78, 5) is 2.61. The Balaban J connectivity index is 1.32. The zero-order valence-electron chi connectivity index (χ0n) is 17.6. The van der Waals surface area contributed by atoms with Crippen LogP contribution in [0.15, 0.2) is 48.5 Å². The first kappa shape index (κ1) is 22.6. The number of likely N-dealkylation sites (tertiary alicyclic amines) is 1. The SMILES string of the molecule is FC(F)(F)c1ccc(COCC2CCCN(C(c3ccc(Cl)cc3)C3CCC3)C2)cc1. The van der Waals surface area contributed by atoms with E-state index in [1.165, 1.54) is 37.0 Å². The Bertz CT molecular complexity index is 833. The summed E-state index contributed by atoms with van der Waals surface area (Å²) in [6.45, 7) is 3.07. The van der Waals surface area contributed by atoms with Crippen molar-refractivity contribution in [3.8, 4) is 0 Å². The number of rotatable bonds is 7. The Labute approximate surface area is 187 Å². The number of hydrogen-bond acceptors (Lipinski definition) is 2. The molecule has 2 nitrogen and oxygen atoms in total. The highest BCUT2D eigenvalue weighted by atomic mass is 35.5. The third-order valence-electron chi connectivity index (χ3n) is 6.66. The van der Waals surface area contributed by atoms with Gasteiger partial charge in [-0.05, 0) is 79.5 Å². The lowest BCUT2D eigenvalue weighted by Gasteiger charge is -2.45. The average molecular weight is 452 g/mol. The van der Waals surface area contributed by atoms with E-state index in [4.69, 9.17) is 16.3 Å². The van der Waals surface area contributed by atoms with E-state index in [0.29, 0.717) is 31.1 Å². The van der Waals surface area contributed by atoms with Crippen molar-refractivity contribution in [1.29, 1.82) is 0 Å². The van der Waals surface area contributed by atoms with Gasteiger partial charge in [-0.1, -0.05) is 42.3 Å². The molecule has 1 saturated carbocycles. The number of alkyl halides is 3. The van der Waals surface area contributed by atoms with Crippen LogP contribution in [0, 0.1) is 11.8 Å². The molecule has 2 unspecified atom stereocenters. The fraction of sp³-hybridized carbons (Fsp3) is 0.520. The molecule has 168 valence electrons. The number of hydrogen-bond donors (Lipinski definition) is 0. The summed E-state index contributed by atoms with van der Waals surface area (Å²) >= 11 is 6.11. The zero-order chi connectivity index (χ0) is 21.8. The van der Waals surface area contributed by atoms with E-state index in [1.807, 2.05) is 12.1 Å². The second kappa shape index (κ2) is 9.93. The molecule has 1 aliphatic heterocycles. The predicted molar refractivity (Wildman–Crippen MR) is 117 cm³/mol. The molecule has 31 heavy (non-hydrogen) atoms. The molecule has 0 amide bonds. The highest BCUT2D eigenvalue weighted by Gasteiger charge is 2.35.